The van der Waals surface area contributed by atoms with Crippen LogP contribution in [0, 0.1) is 17.3 Å². The van der Waals surface area contributed by atoms with Crippen molar-refractivity contribution in [3.05, 3.63) is 77.4 Å². The van der Waals surface area contributed by atoms with Gasteiger partial charge in [-0.3, -0.25) is 4.79 Å². The van der Waals surface area contributed by atoms with Crippen molar-refractivity contribution >= 4 is 23.9 Å². The van der Waals surface area contributed by atoms with E-state index in [2.05, 4.69) is 0 Å². The molecule has 1 heterocycles. The summed E-state index contributed by atoms with van der Waals surface area (Å²) in [6, 6.07) is 19.1. The number of benzene rings is 2. The second-order valence-electron chi connectivity index (χ2n) is 8.25. The van der Waals surface area contributed by atoms with Crippen LogP contribution in [0.3, 0.4) is 0 Å². The topological polar surface area (TPSA) is 60.4 Å². The number of allylic oxidation sites excluding steroid dienone is 1. The molecule has 2 fully saturated rings. The van der Waals surface area contributed by atoms with E-state index in [1.165, 1.54) is 0 Å². The molecule has 0 aromatic heterocycles. The Morgan fingerprint density at radius 3 is 2.14 bits per heavy atom. The van der Waals surface area contributed by atoms with E-state index in [-0.39, 0.29) is 18.3 Å². The number of Topliss-reactive ketones (excluding diaryl/α,β-unsaturated/α-hetero) is 1. The van der Waals surface area contributed by atoms with Gasteiger partial charge in [-0.15, -0.1) is 0 Å². The Bertz CT molecular complexity index is 1010. The minimum absolute atomic E-state index is 0.0446. The van der Waals surface area contributed by atoms with Crippen molar-refractivity contribution in [2.45, 2.75) is 18.3 Å². The molecule has 3 aliphatic rings. The van der Waals surface area contributed by atoms with Gasteiger partial charge in [0.05, 0.1) is 18.6 Å². The molecule has 0 unspecified atom stereocenters. The molecule has 1 spiro atoms. The lowest BCUT2D eigenvalue weighted by Crippen LogP contribution is -2.60. The number of carbonyl (C=O) groups excluding carboxylic acids is 3. The summed E-state index contributed by atoms with van der Waals surface area (Å²) in [7, 11) is 0. The van der Waals surface area contributed by atoms with Gasteiger partial charge in [0.1, 0.15) is 12.6 Å². The number of hydrogen-bond acceptors (Lipinski definition) is 4. The zero-order valence-corrected chi connectivity index (χ0v) is 16.0. The first-order chi connectivity index (χ1) is 14.2. The zero-order chi connectivity index (χ0) is 20.1. The Balaban J connectivity index is 1.89. The molecule has 1 aliphatic heterocycles. The predicted octanol–water partition coefficient (Wildman–Crippen LogP) is 3.40. The maximum atomic E-state index is 14.3. The van der Waals surface area contributed by atoms with Crippen molar-refractivity contribution in [3.8, 4) is 0 Å². The van der Waals surface area contributed by atoms with Gasteiger partial charge in [0, 0.05) is 22.8 Å². The second kappa shape index (κ2) is 6.60. The fraction of sp³-hybridized carbons (Fsp3) is 0.320. The Hall–Kier alpha value is -2.85. The summed E-state index contributed by atoms with van der Waals surface area (Å²) in [6.45, 7) is 0.605. The average Bonchev–Trinajstić information content (AvgIpc) is 3.28. The molecule has 0 radical (unpaired) electrons. The molecule has 1 saturated heterocycles. The second-order valence-corrected chi connectivity index (χ2v) is 8.25. The van der Waals surface area contributed by atoms with Gasteiger partial charge in [-0.1, -0.05) is 60.7 Å². The maximum absolute atomic E-state index is 14.3. The van der Waals surface area contributed by atoms with E-state index in [0.717, 1.165) is 29.3 Å². The molecule has 5 rings (SSSR count). The number of ether oxygens (including phenoxy) is 1. The van der Waals surface area contributed by atoms with Crippen LogP contribution in [-0.2, 0) is 24.5 Å². The van der Waals surface area contributed by atoms with Crippen molar-refractivity contribution in [2.75, 3.05) is 13.2 Å². The van der Waals surface area contributed by atoms with Crippen molar-refractivity contribution in [3.63, 3.8) is 0 Å². The predicted molar refractivity (Wildman–Crippen MR) is 108 cm³/mol. The van der Waals surface area contributed by atoms with Crippen molar-refractivity contribution in [1.29, 1.82) is 0 Å². The van der Waals surface area contributed by atoms with E-state index in [1.54, 1.807) is 0 Å². The van der Waals surface area contributed by atoms with Crippen LogP contribution in [0.25, 0.3) is 5.57 Å². The number of carbonyl (C=O) groups is 3. The van der Waals surface area contributed by atoms with Gasteiger partial charge in [-0.2, -0.15) is 0 Å². The lowest BCUT2D eigenvalue weighted by molar-refractivity contribution is -0.140. The fourth-order valence-electron chi connectivity index (χ4n) is 6.23. The fourth-order valence-corrected chi connectivity index (χ4v) is 6.23. The van der Waals surface area contributed by atoms with Crippen molar-refractivity contribution in [2.24, 2.45) is 17.3 Å². The number of hydrogen-bond donors (Lipinski definition) is 0. The molecule has 2 aromatic rings. The molecular formula is C25H22O4. The summed E-state index contributed by atoms with van der Waals surface area (Å²) in [5.41, 5.74) is 1.26. The summed E-state index contributed by atoms with van der Waals surface area (Å²) < 4.78 is 5.96. The quantitative estimate of drug-likeness (QED) is 0.756. The SMILES string of the molecule is O=C[C@@H]1CC[C@H](C=O)[C@@]23COCC2=C(c2ccccc2)C(=O)[C@@]13c1ccccc1. The van der Waals surface area contributed by atoms with Crippen molar-refractivity contribution < 1.29 is 19.1 Å². The van der Waals surface area contributed by atoms with Crippen LogP contribution in [-0.4, -0.2) is 31.6 Å². The summed E-state index contributed by atoms with van der Waals surface area (Å²) in [6.07, 6.45) is 3.01. The van der Waals surface area contributed by atoms with E-state index in [9.17, 15) is 14.4 Å². The average molecular weight is 386 g/mol. The van der Waals surface area contributed by atoms with Crippen LogP contribution >= 0.6 is 0 Å². The van der Waals surface area contributed by atoms with Gasteiger partial charge in [0.2, 0.25) is 0 Å². The lowest BCUT2D eigenvalue weighted by atomic mass is 9.46. The highest BCUT2D eigenvalue weighted by molar-refractivity contribution is 6.30. The van der Waals surface area contributed by atoms with Gasteiger partial charge < -0.3 is 14.3 Å². The smallest absolute Gasteiger partial charge is 0.175 e. The van der Waals surface area contributed by atoms with Crippen LogP contribution in [0.2, 0.25) is 0 Å². The normalized spacial score (nSPS) is 33.3. The molecule has 146 valence electrons. The molecule has 0 N–H and O–H groups in total. The lowest BCUT2D eigenvalue weighted by Gasteiger charge is -2.53. The van der Waals surface area contributed by atoms with Gasteiger partial charge >= 0.3 is 0 Å². The number of ketones is 1. The molecule has 29 heavy (non-hydrogen) atoms. The molecule has 1 saturated carbocycles. The van der Waals surface area contributed by atoms with Crippen LogP contribution in [0.15, 0.2) is 66.2 Å². The van der Waals surface area contributed by atoms with Crippen molar-refractivity contribution in [1.82, 2.24) is 0 Å². The molecule has 4 heteroatoms. The summed E-state index contributed by atoms with van der Waals surface area (Å²) in [5, 5.41) is 0. The maximum Gasteiger partial charge on any atom is 0.175 e. The molecule has 4 atom stereocenters. The van der Waals surface area contributed by atoms with Crippen LogP contribution in [0.1, 0.15) is 24.0 Å². The Kier molecular flexibility index (Phi) is 4.14. The van der Waals surface area contributed by atoms with E-state index >= 15 is 0 Å². The van der Waals surface area contributed by atoms with E-state index < -0.39 is 16.7 Å². The van der Waals surface area contributed by atoms with Crippen LogP contribution in [0.4, 0.5) is 0 Å². The van der Waals surface area contributed by atoms with E-state index in [0.29, 0.717) is 25.0 Å². The van der Waals surface area contributed by atoms with Crippen LogP contribution < -0.4 is 0 Å². The molecule has 0 amide bonds. The van der Waals surface area contributed by atoms with Gasteiger partial charge in [0.25, 0.3) is 0 Å². The first-order valence-corrected chi connectivity index (χ1v) is 10.1. The van der Waals surface area contributed by atoms with Gasteiger partial charge in [-0.05, 0) is 29.5 Å². The largest absolute Gasteiger partial charge is 0.376 e. The molecule has 2 aromatic carbocycles. The van der Waals surface area contributed by atoms with E-state index in [4.69, 9.17) is 4.74 Å². The van der Waals surface area contributed by atoms with Crippen LogP contribution in [0.5, 0.6) is 0 Å². The third-order valence-corrected chi connectivity index (χ3v) is 7.30. The third-order valence-electron chi connectivity index (χ3n) is 7.30. The highest BCUT2D eigenvalue weighted by Gasteiger charge is 2.73. The van der Waals surface area contributed by atoms with Gasteiger partial charge in [-0.25, -0.2) is 0 Å². The Morgan fingerprint density at radius 2 is 1.48 bits per heavy atom. The van der Waals surface area contributed by atoms with Gasteiger partial charge in [0.15, 0.2) is 5.78 Å². The van der Waals surface area contributed by atoms with E-state index in [1.807, 2.05) is 60.7 Å². The third kappa shape index (κ3) is 2.10. The zero-order valence-electron chi connectivity index (χ0n) is 16.0. The minimum Gasteiger partial charge on any atom is -0.376 e. The monoisotopic (exact) mass is 386 g/mol. The summed E-state index contributed by atoms with van der Waals surface area (Å²) in [4.78, 5) is 38.9. The minimum atomic E-state index is -1.10. The first-order valence-electron chi connectivity index (χ1n) is 10.1. The summed E-state index contributed by atoms with van der Waals surface area (Å²) >= 11 is 0. The Morgan fingerprint density at radius 1 is 0.862 bits per heavy atom. The Labute approximate surface area is 169 Å². The summed E-state index contributed by atoms with van der Waals surface area (Å²) in [5.74, 6) is -0.898. The molecule has 0 bridgehead atoms. The highest BCUT2D eigenvalue weighted by atomic mass is 16.5. The highest BCUT2D eigenvalue weighted by Crippen LogP contribution is 2.68. The number of aldehydes is 2. The molecule has 2 aliphatic carbocycles. The first kappa shape index (κ1) is 18.2. The number of rotatable bonds is 4. The standard InChI is InChI=1S/C25H22O4/c26-13-19-11-12-20(14-27)25(18-9-5-2-6-10-18)23(28)22(17-7-3-1-4-8-17)21-15-29-16-24(19,21)25/h1-10,13-14,19-20H,11-12,15-16H2/t19-,20+,24+,25-/m1/s1. The molecule has 4 nitrogen and oxygen atoms in total. The molecular weight excluding hydrogens is 364 g/mol.